The molecule has 0 radical (unpaired) electrons. The molecule has 1 heterocycles. The summed E-state index contributed by atoms with van der Waals surface area (Å²) in [6.07, 6.45) is 2.63. The summed E-state index contributed by atoms with van der Waals surface area (Å²) < 4.78 is 5.39. The van der Waals surface area contributed by atoms with Crippen LogP contribution >= 0.6 is 0 Å². The van der Waals surface area contributed by atoms with Crippen LogP contribution in [0.2, 0.25) is 0 Å². The van der Waals surface area contributed by atoms with Crippen molar-refractivity contribution >= 4 is 5.69 Å². The predicted octanol–water partition coefficient (Wildman–Crippen LogP) is 2.72. The Bertz CT molecular complexity index is 374. The highest BCUT2D eigenvalue weighted by molar-refractivity contribution is 5.55. The number of anilines is 1. The highest BCUT2D eigenvalue weighted by Gasteiger charge is 2.13. The number of hydrogen-bond acceptors (Lipinski definition) is 3. The number of hydrogen-bond donors (Lipinski definition) is 2. The summed E-state index contributed by atoms with van der Waals surface area (Å²) in [7, 11) is 1.73. The molecule has 3 nitrogen and oxygen atoms in total. The number of methoxy groups -OCH3 is 1. The van der Waals surface area contributed by atoms with Crippen LogP contribution < -0.4 is 15.4 Å². The molecule has 1 aromatic rings. The summed E-state index contributed by atoms with van der Waals surface area (Å²) in [6, 6.07) is 4.34. The normalized spacial score (nSPS) is 19.6. The summed E-state index contributed by atoms with van der Waals surface area (Å²) in [5.41, 5.74) is 3.60. The molecule has 1 aliphatic rings. The number of piperidine rings is 1. The number of nitrogens with one attached hydrogen (secondary N) is 2. The molecule has 0 spiro atoms. The maximum Gasteiger partial charge on any atom is 0.124 e. The van der Waals surface area contributed by atoms with Gasteiger partial charge in [-0.15, -0.1) is 0 Å². The Hall–Kier alpha value is -1.22. The predicted molar refractivity (Wildman–Crippen MR) is 76.6 cm³/mol. The molecule has 1 aliphatic heterocycles. The van der Waals surface area contributed by atoms with Crippen molar-refractivity contribution in [2.75, 3.05) is 32.1 Å². The molecule has 2 rings (SSSR count). The van der Waals surface area contributed by atoms with E-state index in [9.17, 15) is 0 Å². The topological polar surface area (TPSA) is 33.3 Å². The molecule has 0 bridgehead atoms. The van der Waals surface area contributed by atoms with Crippen molar-refractivity contribution in [2.24, 2.45) is 5.92 Å². The van der Waals surface area contributed by atoms with Gasteiger partial charge in [0.25, 0.3) is 0 Å². The molecule has 1 atom stereocenters. The molecule has 1 aromatic carbocycles. The van der Waals surface area contributed by atoms with Crippen molar-refractivity contribution in [2.45, 2.75) is 26.7 Å². The van der Waals surface area contributed by atoms with Gasteiger partial charge in [-0.25, -0.2) is 0 Å². The summed E-state index contributed by atoms with van der Waals surface area (Å²) in [6.45, 7) is 7.56. The number of rotatable bonds is 4. The molecule has 100 valence electrons. The second-order valence-electron chi connectivity index (χ2n) is 5.24. The lowest BCUT2D eigenvalue weighted by Gasteiger charge is -2.23. The molecule has 2 N–H and O–H groups in total. The van der Waals surface area contributed by atoms with Gasteiger partial charge in [0.1, 0.15) is 5.75 Å². The molecule has 1 saturated heterocycles. The van der Waals surface area contributed by atoms with E-state index in [0.29, 0.717) is 0 Å². The zero-order valence-corrected chi connectivity index (χ0v) is 11.7. The summed E-state index contributed by atoms with van der Waals surface area (Å²) >= 11 is 0. The first-order valence-corrected chi connectivity index (χ1v) is 6.80. The van der Waals surface area contributed by atoms with E-state index < -0.39 is 0 Å². The lowest BCUT2D eigenvalue weighted by Crippen LogP contribution is -2.33. The second-order valence-corrected chi connectivity index (χ2v) is 5.24. The van der Waals surface area contributed by atoms with Gasteiger partial charge >= 0.3 is 0 Å². The molecule has 0 amide bonds. The van der Waals surface area contributed by atoms with Gasteiger partial charge in [-0.1, -0.05) is 0 Å². The van der Waals surface area contributed by atoms with Crippen LogP contribution in [-0.2, 0) is 0 Å². The molecule has 0 aliphatic carbocycles. The average Bonchev–Trinajstić information content (AvgIpc) is 2.37. The fourth-order valence-corrected chi connectivity index (χ4v) is 2.73. The third-order valence-corrected chi connectivity index (χ3v) is 3.66. The lowest BCUT2D eigenvalue weighted by atomic mass is 9.99. The Morgan fingerprint density at radius 3 is 2.61 bits per heavy atom. The monoisotopic (exact) mass is 248 g/mol. The SMILES string of the molecule is COc1c(C)cc(NCC2CCCNC2)cc1C. The van der Waals surface area contributed by atoms with Crippen LogP contribution in [0.4, 0.5) is 5.69 Å². The standard InChI is InChI=1S/C15H24N2O/c1-11-7-14(8-12(2)15(11)18-3)17-10-13-5-4-6-16-9-13/h7-8,13,16-17H,4-6,9-10H2,1-3H3. The van der Waals surface area contributed by atoms with E-state index in [-0.39, 0.29) is 0 Å². The van der Waals surface area contributed by atoms with E-state index in [1.54, 1.807) is 7.11 Å². The molecule has 0 aromatic heterocycles. The first-order valence-electron chi connectivity index (χ1n) is 6.80. The molecule has 3 heteroatoms. The summed E-state index contributed by atoms with van der Waals surface area (Å²) in [5, 5.41) is 7.00. The van der Waals surface area contributed by atoms with E-state index in [2.05, 4.69) is 36.6 Å². The second kappa shape index (κ2) is 6.10. The molecule has 1 unspecified atom stereocenters. The van der Waals surface area contributed by atoms with Crippen LogP contribution in [0.15, 0.2) is 12.1 Å². The van der Waals surface area contributed by atoms with E-state index in [1.165, 1.54) is 36.2 Å². The van der Waals surface area contributed by atoms with Crippen molar-refractivity contribution in [3.8, 4) is 5.75 Å². The zero-order valence-electron chi connectivity index (χ0n) is 11.7. The van der Waals surface area contributed by atoms with E-state index in [0.717, 1.165) is 24.8 Å². The molecular formula is C15H24N2O. The summed E-state index contributed by atoms with van der Waals surface area (Å²) in [5.74, 6) is 1.75. The Kier molecular flexibility index (Phi) is 4.48. The van der Waals surface area contributed by atoms with Crippen molar-refractivity contribution in [1.82, 2.24) is 5.32 Å². The van der Waals surface area contributed by atoms with Gasteiger partial charge < -0.3 is 15.4 Å². The zero-order chi connectivity index (χ0) is 13.0. The van der Waals surface area contributed by atoms with E-state index in [1.807, 2.05) is 0 Å². The Balaban J connectivity index is 1.96. The molecule has 0 saturated carbocycles. The largest absolute Gasteiger partial charge is 0.496 e. The minimum absolute atomic E-state index is 0.751. The van der Waals surface area contributed by atoms with Gasteiger partial charge in [-0.2, -0.15) is 0 Å². The van der Waals surface area contributed by atoms with Crippen LogP contribution in [0.1, 0.15) is 24.0 Å². The number of aryl methyl sites for hydroxylation is 2. The minimum atomic E-state index is 0.751. The Labute approximate surface area is 110 Å². The summed E-state index contributed by atoms with van der Waals surface area (Å²) in [4.78, 5) is 0. The smallest absolute Gasteiger partial charge is 0.124 e. The third-order valence-electron chi connectivity index (χ3n) is 3.66. The minimum Gasteiger partial charge on any atom is -0.496 e. The molecule has 18 heavy (non-hydrogen) atoms. The quantitative estimate of drug-likeness (QED) is 0.859. The van der Waals surface area contributed by atoms with Crippen LogP contribution in [0, 0.1) is 19.8 Å². The first-order chi connectivity index (χ1) is 8.70. The van der Waals surface area contributed by atoms with Crippen molar-refractivity contribution in [1.29, 1.82) is 0 Å². The first kappa shape index (κ1) is 13.2. The van der Waals surface area contributed by atoms with Gasteiger partial charge in [0.15, 0.2) is 0 Å². The lowest BCUT2D eigenvalue weighted by molar-refractivity contribution is 0.393. The highest BCUT2D eigenvalue weighted by Crippen LogP contribution is 2.27. The maximum atomic E-state index is 5.39. The van der Waals surface area contributed by atoms with Gasteiger partial charge in [0.2, 0.25) is 0 Å². The van der Waals surface area contributed by atoms with Crippen molar-refractivity contribution in [3.63, 3.8) is 0 Å². The van der Waals surface area contributed by atoms with E-state index >= 15 is 0 Å². The fourth-order valence-electron chi connectivity index (χ4n) is 2.73. The third kappa shape index (κ3) is 3.16. The van der Waals surface area contributed by atoms with Crippen LogP contribution in [0.25, 0.3) is 0 Å². The fraction of sp³-hybridized carbons (Fsp3) is 0.600. The number of benzene rings is 1. The van der Waals surface area contributed by atoms with Gasteiger partial charge in [-0.05, 0) is 69.0 Å². The maximum absolute atomic E-state index is 5.39. The van der Waals surface area contributed by atoms with Crippen molar-refractivity contribution in [3.05, 3.63) is 23.3 Å². The van der Waals surface area contributed by atoms with Gasteiger partial charge in [0, 0.05) is 12.2 Å². The van der Waals surface area contributed by atoms with Crippen molar-refractivity contribution < 1.29 is 4.74 Å². The molecular weight excluding hydrogens is 224 g/mol. The van der Waals surface area contributed by atoms with Crippen LogP contribution in [0.3, 0.4) is 0 Å². The highest BCUT2D eigenvalue weighted by atomic mass is 16.5. The Morgan fingerprint density at radius 1 is 1.33 bits per heavy atom. The van der Waals surface area contributed by atoms with Gasteiger partial charge in [0.05, 0.1) is 7.11 Å². The van der Waals surface area contributed by atoms with E-state index in [4.69, 9.17) is 4.74 Å². The van der Waals surface area contributed by atoms with Crippen LogP contribution in [-0.4, -0.2) is 26.7 Å². The average molecular weight is 248 g/mol. The number of ether oxygens (including phenoxy) is 1. The van der Waals surface area contributed by atoms with Gasteiger partial charge in [-0.3, -0.25) is 0 Å². The molecule has 1 fully saturated rings. The Morgan fingerprint density at radius 2 is 2.06 bits per heavy atom. The van der Waals surface area contributed by atoms with Crippen LogP contribution in [0.5, 0.6) is 5.75 Å².